The van der Waals surface area contributed by atoms with Gasteiger partial charge < -0.3 is 20.5 Å². The molecule has 32 heavy (non-hydrogen) atoms. The number of methoxy groups -OCH3 is 1. The Hall–Kier alpha value is -3.64. The van der Waals surface area contributed by atoms with Gasteiger partial charge in [-0.15, -0.1) is 0 Å². The molecule has 2 heterocycles. The van der Waals surface area contributed by atoms with Crippen molar-refractivity contribution in [3.63, 3.8) is 0 Å². The lowest BCUT2D eigenvalue weighted by atomic mass is 9.90. The standard InChI is InChI=1S/C19H23F2N7O4/c1-32-17-24-6-11(7-25-17)14-8-23-16(10-22-14)28(18(29)26-9-15(20)21)13-4-2-12(3-5-13)27-19(30)31/h6-8,10,12-13,15,27H,2-5,9H2,1H3,(H,26,29)(H,30,31). The molecule has 0 saturated heterocycles. The Kier molecular flexibility index (Phi) is 7.63. The van der Waals surface area contributed by atoms with Crippen molar-refractivity contribution in [3.05, 3.63) is 24.8 Å². The number of anilines is 1. The quantitative estimate of drug-likeness (QED) is 0.582. The highest BCUT2D eigenvalue weighted by atomic mass is 19.3. The Morgan fingerprint density at radius 3 is 2.34 bits per heavy atom. The number of hydrogen-bond donors (Lipinski definition) is 3. The van der Waals surface area contributed by atoms with E-state index in [1.165, 1.54) is 36.8 Å². The number of carbonyl (C=O) groups excluding carboxylic acids is 1. The number of amides is 3. The summed E-state index contributed by atoms with van der Waals surface area (Å²) >= 11 is 0. The molecule has 1 aliphatic carbocycles. The highest BCUT2D eigenvalue weighted by Crippen LogP contribution is 2.27. The first-order valence-electron chi connectivity index (χ1n) is 9.90. The van der Waals surface area contributed by atoms with Gasteiger partial charge in [0.15, 0.2) is 5.82 Å². The number of carbonyl (C=O) groups is 2. The van der Waals surface area contributed by atoms with Crippen LogP contribution < -0.4 is 20.3 Å². The fourth-order valence-electron chi connectivity index (χ4n) is 3.51. The molecular weight excluding hydrogens is 428 g/mol. The van der Waals surface area contributed by atoms with Crippen molar-refractivity contribution >= 4 is 17.9 Å². The van der Waals surface area contributed by atoms with Crippen molar-refractivity contribution in [2.24, 2.45) is 0 Å². The lowest BCUT2D eigenvalue weighted by Crippen LogP contribution is -2.50. The van der Waals surface area contributed by atoms with Gasteiger partial charge in [0.1, 0.15) is 0 Å². The molecule has 0 aromatic carbocycles. The molecule has 13 heteroatoms. The normalized spacial score (nSPS) is 18.1. The van der Waals surface area contributed by atoms with Crippen molar-refractivity contribution in [1.82, 2.24) is 30.6 Å². The number of aromatic nitrogens is 4. The van der Waals surface area contributed by atoms with Crippen molar-refractivity contribution < 1.29 is 28.2 Å². The van der Waals surface area contributed by atoms with Crippen LogP contribution in [-0.4, -0.2) is 69.3 Å². The molecule has 0 atom stereocenters. The van der Waals surface area contributed by atoms with Crippen molar-refractivity contribution in [1.29, 1.82) is 0 Å². The van der Waals surface area contributed by atoms with Crippen LogP contribution in [0.25, 0.3) is 11.3 Å². The monoisotopic (exact) mass is 451 g/mol. The van der Waals surface area contributed by atoms with Gasteiger partial charge in [-0.05, 0) is 25.7 Å². The van der Waals surface area contributed by atoms with Gasteiger partial charge in [-0.25, -0.2) is 33.3 Å². The molecule has 172 valence electrons. The second kappa shape index (κ2) is 10.6. The minimum atomic E-state index is -2.69. The van der Waals surface area contributed by atoms with Crippen LogP contribution in [0.4, 0.5) is 24.2 Å². The van der Waals surface area contributed by atoms with E-state index in [4.69, 9.17) is 9.84 Å². The zero-order valence-electron chi connectivity index (χ0n) is 17.2. The Morgan fingerprint density at radius 2 is 1.81 bits per heavy atom. The fourth-order valence-corrected chi connectivity index (χ4v) is 3.51. The molecule has 3 N–H and O–H groups in total. The van der Waals surface area contributed by atoms with Gasteiger partial charge in [0.25, 0.3) is 6.43 Å². The summed E-state index contributed by atoms with van der Waals surface area (Å²) < 4.78 is 30.2. The van der Waals surface area contributed by atoms with Gasteiger partial charge in [-0.1, -0.05) is 0 Å². The predicted octanol–water partition coefficient (Wildman–Crippen LogP) is 2.30. The summed E-state index contributed by atoms with van der Waals surface area (Å²) in [5.74, 6) is 0.199. The maximum Gasteiger partial charge on any atom is 0.404 e. The van der Waals surface area contributed by atoms with Crippen molar-refractivity contribution in [3.8, 4) is 17.3 Å². The van der Waals surface area contributed by atoms with Crippen LogP contribution in [0.3, 0.4) is 0 Å². The molecule has 11 nitrogen and oxygen atoms in total. The summed E-state index contributed by atoms with van der Waals surface area (Å²) in [6, 6.07) is -1.08. The van der Waals surface area contributed by atoms with Gasteiger partial charge in [0.05, 0.1) is 31.7 Å². The Bertz CT molecular complexity index is 907. The number of urea groups is 1. The highest BCUT2D eigenvalue weighted by Gasteiger charge is 2.31. The summed E-state index contributed by atoms with van der Waals surface area (Å²) in [5.41, 5.74) is 1.04. The van der Waals surface area contributed by atoms with Gasteiger partial charge in [0, 0.05) is 30.0 Å². The molecule has 0 aliphatic heterocycles. The van der Waals surface area contributed by atoms with E-state index in [2.05, 4.69) is 30.6 Å². The van der Waals surface area contributed by atoms with E-state index < -0.39 is 25.1 Å². The van der Waals surface area contributed by atoms with Crippen molar-refractivity contribution in [2.75, 3.05) is 18.6 Å². The van der Waals surface area contributed by atoms with Gasteiger partial charge >= 0.3 is 18.1 Å². The maximum atomic E-state index is 12.7. The molecule has 2 aromatic rings. The molecule has 1 saturated carbocycles. The van der Waals surface area contributed by atoms with E-state index in [0.29, 0.717) is 36.9 Å². The average molecular weight is 451 g/mol. The molecule has 0 spiro atoms. The first-order valence-corrected chi connectivity index (χ1v) is 9.90. The summed E-state index contributed by atoms with van der Waals surface area (Å²) in [5, 5.41) is 13.5. The van der Waals surface area contributed by atoms with Gasteiger partial charge in [-0.3, -0.25) is 9.88 Å². The highest BCUT2D eigenvalue weighted by molar-refractivity contribution is 5.91. The van der Waals surface area contributed by atoms with Crippen molar-refractivity contribution in [2.45, 2.75) is 44.2 Å². The van der Waals surface area contributed by atoms with Crippen LogP contribution in [0.15, 0.2) is 24.8 Å². The third-order valence-corrected chi connectivity index (χ3v) is 5.01. The molecule has 0 unspecified atom stereocenters. The number of rotatable bonds is 7. The molecule has 1 fully saturated rings. The largest absolute Gasteiger partial charge is 0.467 e. The lowest BCUT2D eigenvalue weighted by Gasteiger charge is -2.36. The first kappa shape index (κ1) is 23.0. The number of carboxylic acid groups (broad SMARTS) is 1. The number of nitrogens with one attached hydrogen (secondary N) is 2. The molecule has 1 aliphatic rings. The summed E-state index contributed by atoms with van der Waals surface area (Å²) in [6.07, 6.45) is 4.00. The number of nitrogens with zero attached hydrogens (tertiary/aromatic N) is 5. The van der Waals surface area contributed by atoms with Crippen LogP contribution >= 0.6 is 0 Å². The van der Waals surface area contributed by atoms with E-state index in [0.717, 1.165) is 0 Å². The molecule has 0 bridgehead atoms. The second-order valence-corrected chi connectivity index (χ2v) is 7.12. The van der Waals surface area contributed by atoms with E-state index in [-0.39, 0.29) is 23.9 Å². The van der Waals surface area contributed by atoms with Crippen LogP contribution in [0.2, 0.25) is 0 Å². The number of ether oxygens (including phenoxy) is 1. The van der Waals surface area contributed by atoms with E-state index in [1.54, 1.807) is 0 Å². The molecule has 2 aromatic heterocycles. The maximum absolute atomic E-state index is 12.7. The fraction of sp³-hybridized carbons (Fsp3) is 0.474. The summed E-state index contributed by atoms with van der Waals surface area (Å²) in [4.78, 5) is 41.5. The molecule has 3 rings (SSSR count). The molecule has 0 radical (unpaired) electrons. The van der Waals surface area contributed by atoms with E-state index >= 15 is 0 Å². The summed E-state index contributed by atoms with van der Waals surface area (Å²) in [7, 11) is 1.45. The zero-order chi connectivity index (χ0) is 23.1. The third kappa shape index (κ3) is 5.95. The van der Waals surface area contributed by atoms with Crippen LogP contribution in [0, 0.1) is 0 Å². The SMILES string of the molecule is COc1ncc(-c2cnc(N(C(=O)NCC(F)F)C3CCC(NC(=O)O)CC3)cn2)cn1. The smallest absolute Gasteiger partial charge is 0.404 e. The van der Waals surface area contributed by atoms with Gasteiger partial charge in [0.2, 0.25) is 0 Å². The minimum absolute atomic E-state index is 0.199. The molecule has 3 amide bonds. The second-order valence-electron chi connectivity index (χ2n) is 7.12. The number of alkyl halides is 2. The lowest BCUT2D eigenvalue weighted by molar-refractivity contribution is 0.146. The predicted molar refractivity (Wildman–Crippen MR) is 109 cm³/mol. The van der Waals surface area contributed by atoms with Crippen LogP contribution in [-0.2, 0) is 0 Å². The summed E-state index contributed by atoms with van der Waals surface area (Å²) in [6.45, 7) is -0.792. The van der Waals surface area contributed by atoms with Crippen LogP contribution in [0.1, 0.15) is 25.7 Å². The molecular formula is C19H23F2N7O4. The Morgan fingerprint density at radius 1 is 1.12 bits per heavy atom. The third-order valence-electron chi connectivity index (χ3n) is 5.01. The van der Waals surface area contributed by atoms with Crippen LogP contribution in [0.5, 0.6) is 6.01 Å². The van der Waals surface area contributed by atoms with Gasteiger partial charge in [-0.2, -0.15) is 0 Å². The number of hydrogen-bond acceptors (Lipinski definition) is 7. The number of halogens is 2. The Balaban J connectivity index is 1.78. The Labute approximate surface area is 182 Å². The minimum Gasteiger partial charge on any atom is -0.467 e. The topological polar surface area (TPSA) is 142 Å². The average Bonchev–Trinajstić information content (AvgIpc) is 2.79. The van der Waals surface area contributed by atoms with E-state index in [9.17, 15) is 18.4 Å². The first-order chi connectivity index (χ1) is 15.4. The zero-order valence-corrected chi connectivity index (χ0v) is 17.2. The van der Waals surface area contributed by atoms with E-state index in [1.807, 2.05) is 0 Å².